The van der Waals surface area contributed by atoms with Gasteiger partial charge in [0, 0.05) is 18.0 Å². The van der Waals surface area contributed by atoms with E-state index >= 15 is 0 Å². The molecule has 2 heterocycles. The Hall–Kier alpha value is -1.76. The number of amides is 1. The predicted octanol–water partition coefficient (Wildman–Crippen LogP) is 2.29. The first-order valence-corrected chi connectivity index (χ1v) is 9.27. The molecule has 0 bridgehead atoms. The van der Waals surface area contributed by atoms with Crippen LogP contribution in [0.5, 0.6) is 0 Å². The Kier molecular flexibility index (Phi) is 5.22. The second-order valence-corrected chi connectivity index (χ2v) is 8.15. The van der Waals surface area contributed by atoms with E-state index in [4.69, 9.17) is 4.52 Å². The zero-order valence-electron chi connectivity index (χ0n) is 15.4. The molecule has 0 radical (unpaired) electrons. The van der Waals surface area contributed by atoms with Crippen molar-refractivity contribution in [3.63, 3.8) is 0 Å². The van der Waals surface area contributed by atoms with Gasteiger partial charge in [0.2, 0.25) is 23.4 Å². The summed E-state index contributed by atoms with van der Waals surface area (Å²) >= 11 is 0. The zero-order valence-corrected chi connectivity index (χ0v) is 15.4. The number of Topliss-reactive ketones (excluding diaryl/α,β-unsaturated/α-hetero) is 1. The fourth-order valence-electron chi connectivity index (χ4n) is 3.60. The number of likely N-dealkylation sites (tertiary alicyclic amines) is 1. The summed E-state index contributed by atoms with van der Waals surface area (Å²) in [6.07, 6.45) is 5.91. The molecule has 1 saturated carbocycles. The van der Waals surface area contributed by atoms with E-state index in [0.717, 1.165) is 19.3 Å². The molecule has 2 aliphatic rings. The van der Waals surface area contributed by atoms with Crippen molar-refractivity contribution in [1.82, 2.24) is 20.4 Å². The summed E-state index contributed by atoms with van der Waals surface area (Å²) < 4.78 is 5.32. The van der Waals surface area contributed by atoms with Crippen molar-refractivity contribution < 1.29 is 14.1 Å². The molecule has 7 nitrogen and oxygen atoms in total. The average molecular weight is 348 g/mol. The summed E-state index contributed by atoms with van der Waals surface area (Å²) in [6.45, 7) is 6.87. The molecule has 1 atom stereocenters. The van der Waals surface area contributed by atoms with Crippen molar-refractivity contribution >= 4 is 11.7 Å². The van der Waals surface area contributed by atoms with Crippen molar-refractivity contribution in [3.8, 4) is 0 Å². The lowest BCUT2D eigenvalue weighted by molar-refractivity contribution is -0.130. The quantitative estimate of drug-likeness (QED) is 0.821. The second kappa shape index (κ2) is 7.23. The van der Waals surface area contributed by atoms with Crippen LogP contribution in [-0.4, -0.2) is 51.4 Å². The third-order valence-corrected chi connectivity index (χ3v) is 5.01. The number of hydrogen-bond acceptors (Lipinski definition) is 6. The maximum atomic E-state index is 12.8. The fraction of sp³-hybridized carbons (Fsp3) is 0.778. The van der Waals surface area contributed by atoms with E-state index in [1.807, 2.05) is 20.8 Å². The van der Waals surface area contributed by atoms with Crippen LogP contribution in [0.25, 0.3) is 0 Å². The van der Waals surface area contributed by atoms with E-state index in [2.05, 4.69) is 15.5 Å². The molecule has 1 amide bonds. The van der Waals surface area contributed by atoms with Crippen molar-refractivity contribution in [3.05, 3.63) is 11.7 Å². The highest BCUT2D eigenvalue weighted by Gasteiger charge is 2.37. The monoisotopic (exact) mass is 348 g/mol. The van der Waals surface area contributed by atoms with Gasteiger partial charge in [0.1, 0.15) is 0 Å². The number of nitrogens with one attached hydrogen (secondary N) is 1. The van der Waals surface area contributed by atoms with Crippen LogP contribution in [0.3, 0.4) is 0 Å². The van der Waals surface area contributed by atoms with Gasteiger partial charge in [0.25, 0.3) is 0 Å². The summed E-state index contributed by atoms with van der Waals surface area (Å²) in [5.74, 6) is 0.729. The van der Waals surface area contributed by atoms with E-state index in [-0.39, 0.29) is 35.5 Å². The molecule has 1 aromatic rings. The maximum absolute atomic E-state index is 12.8. The number of carbonyl (C=O) groups is 2. The van der Waals surface area contributed by atoms with Crippen molar-refractivity contribution in [2.24, 2.45) is 0 Å². The molecular formula is C18H28N4O3. The van der Waals surface area contributed by atoms with E-state index in [1.165, 1.54) is 12.8 Å². The van der Waals surface area contributed by atoms with Crippen LogP contribution in [0.2, 0.25) is 0 Å². The van der Waals surface area contributed by atoms with Gasteiger partial charge in [-0.3, -0.25) is 9.59 Å². The minimum absolute atomic E-state index is 0.0507. The summed E-state index contributed by atoms with van der Waals surface area (Å²) in [5.41, 5.74) is -0.140. The first-order valence-electron chi connectivity index (χ1n) is 9.27. The first kappa shape index (κ1) is 18.0. The minimum Gasteiger partial charge on any atom is -0.339 e. The number of rotatable bonds is 5. The van der Waals surface area contributed by atoms with E-state index in [0.29, 0.717) is 18.9 Å². The highest BCUT2D eigenvalue weighted by molar-refractivity contribution is 5.99. The van der Waals surface area contributed by atoms with Gasteiger partial charge in [-0.2, -0.15) is 4.98 Å². The van der Waals surface area contributed by atoms with Crippen molar-refractivity contribution in [2.45, 2.75) is 76.8 Å². The molecule has 1 saturated heterocycles. The average Bonchev–Trinajstić information content (AvgIpc) is 3.31. The van der Waals surface area contributed by atoms with Gasteiger partial charge in [-0.1, -0.05) is 18.0 Å². The molecule has 1 N–H and O–H groups in total. The lowest BCUT2D eigenvalue weighted by Gasteiger charge is -2.26. The molecule has 1 aliphatic heterocycles. The summed E-state index contributed by atoms with van der Waals surface area (Å²) in [7, 11) is 0. The SMILES string of the molecule is CC(C)(C)NCC(=O)N1CCCC1C(=O)c1noc(C2CCCC2)n1. The third-order valence-electron chi connectivity index (χ3n) is 5.01. The van der Waals surface area contributed by atoms with Gasteiger partial charge in [-0.25, -0.2) is 0 Å². The molecule has 0 spiro atoms. The van der Waals surface area contributed by atoms with Gasteiger partial charge >= 0.3 is 0 Å². The maximum Gasteiger partial charge on any atom is 0.240 e. The standard InChI is InChI=1S/C18H28N4O3/c1-18(2,3)19-11-14(23)22-10-6-9-13(22)15(24)16-20-17(25-21-16)12-7-4-5-8-12/h12-13,19H,4-11H2,1-3H3. The zero-order chi connectivity index (χ0) is 18.0. The summed E-state index contributed by atoms with van der Waals surface area (Å²) in [4.78, 5) is 31.3. The molecule has 7 heteroatoms. The normalized spacial score (nSPS) is 21.9. The molecule has 0 aromatic carbocycles. The van der Waals surface area contributed by atoms with Crippen LogP contribution in [0, 0.1) is 0 Å². The van der Waals surface area contributed by atoms with Crippen molar-refractivity contribution in [2.75, 3.05) is 13.1 Å². The highest BCUT2D eigenvalue weighted by Crippen LogP contribution is 2.33. The lowest BCUT2D eigenvalue weighted by atomic mass is 10.1. The number of aromatic nitrogens is 2. The Bertz CT molecular complexity index is 629. The molecule has 3 rings (SSSR count). The number of hydrogen-bond donors (Lipinski definition) is 1. The Labute approximate surface area is 148 Å². The molecule has 138 valence electrons. The van der Waals surface area contributed by atoms with Crippen LogP contribution in [-0.2, 0) is 4.79 Å². The van der Waals surface area contributed by atoms with Gasteiger partial charge in [-0.05, 0) is 46.5 Å². The van der Waals surface area contributed by atoms with E-state index in [1.54, 1.807) is 4.90 Å². The summed E-state index contributed by atoms with van der Waals surface area (Å²) in [6, 6.07) is -0.469. The molecular weight excluding hydrogens is 320 g/mol. The fourth-order valence-corrected chi connectivity index (χ4v) is 3.60. The smallest absolute Gasteiger partial charge is 0.240 e. The third kappa shape index (κ3) is 4.26. The number of carbonyl (C=O) groups excluding carboxylic acids is 2. The Balaban J connectivity index is 1.65. The van der Waals surface area contributed by atoms with Gasteiger partial charge in [-0.15, -0.1) is 0 Å². The molecule has 1 aliphatic carbocycles. The van der Waals surface area contributed by atoms with Gasteiger partial charge in [0.05, 0.1) is 12.6 Å². The number of ketones is 1. The molecule has 1 aromatic heterocycles. The molecule has 2 fully saturated rings. The number of nitrogens with zero attached hydrogens (tertiary/aromatic N) is 3. The lowest BCUT2D eigenvalue weighted by Crippen LogP contribution is -2.48. The first-order chi connectivity index (χ1) is 11.8. The molecule has 1 unspecified atom stereocenters. The van der Waals surface area contributed by atoms with E-state index < -0.39 is 6.04 Å². The summed E-state index contributed by atoms with van der Waals surface area (Å²) in [5, 5.41) is 7.08. The van der Waals surface area contributed by atoms with Crippen LogP contribution in [0.1, 0.15) is 81.7 Å². The van der Waals surface area contributed by atoms with Crippen LogP contribution in [0.15, 0.2) is 4.52 Å². The highest BCUT2D eigenvalue weighted by atomic mass is 16.5. The molecule has 25 heavy (non-hydrogen) atoms. The Morgan fingerprint density at radius 2 is 1.92 bits per heavy atom. The Morgan fingerprint density at radius 3 is 2.60 bits per heavy atom. The van der Waals surface area contributed by atoms with Gasteiger partial charge in [0.15, 0.2) is 0 Å². The van der Waals surface area contributed by atoms with E-state index in [9.17, 15) is 9.59 Å². The second-order valence-electron chi connectivity index (χ2n) is 8.15. The van der Waals surface area contributed by atoms with Crippen molar-refractivity contribution in [1.29, 1.82) is 0 Å². The minimum atomic E-state index is -0.469. The Morgan fingerprint density at radius 1 is 1.20 bits per heavy atom. The topological polar surface area (TPSA) is 88.3 Å². The van der Waals surface area contributed by atoms with Crippen LogP contribution in [0.4, 0.5) is 0 Å². The predicted molar refractivity (Wildman–Crippen MR) is 92.3 cm³/mol. The van der Waals surface area contributed by atoms with Crippen LogP contribution < -0.4 is 5.32 Å². The largest absolute Gasteiger partial charge is 0.339 e. The van der Waals surface area contributed by atoms with Crippen LogP contribution >= 0.6 is 0 Å². The van der Waals surface area contributed by atoms with Gasteiger partial charge < -0.3 is 14.7 Å².